The molecule has 0 fully saturated rings. The van der Waals surface area contributed by atoms with Gasteiger partial charge in [0.15, 0.2) is 0 Å². The Morgan fingerprint density at radius 3 is 2.30 bits per heavy atom. The van der Waals surface area contributed by atoms with Crippen LogP contribution in [-0.4, -0.2) is 16.9 Å². The molecule has 3 aromatic rings. The van der Waals surface area contributed by atoms with E-state index in [0.29, 0.717) is 5.82 Å². The van der Waals surface area contributed by atoms with Crippen molar-refractivity contribution in [3.05, 3.63) is 90.0 Å². The molecule has 0 spiro atoms. The summed E-state index contributed by atoms with van der Waals surface area (Å²) in [6.45, 7) is 1.78. The van der Waals surface area contributed by atoms with Crippen LogP contribution in [0.1, 0.15) is 24.0 Å². The highest BCUT2D eigenvalue weighted by Gasteiger charge is 2.18. The van der Waals surface area contributed by atoms with Crippen LogP contribution in [0.2, 0.25) is 0 Å². The summed E-state index contributed by atoms with van der Waals surface area (Å²) < 4.78 is 5.37. The van der Waals surface area contributed by atoms with Crippen LogP contribution in [0, 0.1) is 0 Å². The monoisotopic (exact) mass is 360 g/mol. The van der Waals surface area contributed by atoms with E-state index < -0.39 is 11.9 Å². The summed E-state index contributed by atoms with van der Waals surface area (Å²) >= 11 is 0. The van der Waals surface area contributed by atoms with Crippen LogP contribution in [0.3, 0.4) is 0 Å². The summed E-state index contributed by atoms with van der Waals surface area (Å²) in [7, 11) is 0. The van der Waals surface area contributed by atoms with Crippen molar-refractivity contribution in [3.63, 3.8) is 0 Å². The number of carbonyl (C=O) groups excluding carboxylic acids is 2. The van der Waals surface area contributed by atoms with Crippen molar-refractivity contribution in [2.75, 3.05) is 5.32 Å². The van der Waals surface area contributed by atoms with E-state index in [0.717, 1.165) is 11.1 Å². The summed E-state index contributed by atoms with van der Waals surface area (Å²) in [5.74, 6) is -0.505. The standard InChI is InChI=1S/C22H20N2O3/c1-16(18-11-6-3-7-12-18)22(26)27-21-14-8-13-19(24-21)23-20(25)15-17-9-4-2-5-10-17/h2-14,16H,15H2,1H3,(H,23,24,25). The van der Waals surface area contributed by atoms with Gasteiger partial charge in [-0.1, -0.05) is 66.7 Å². The predicted octanol–water partition coefficient (Wildman–Crippen LogP) is 3.97. The Hall–Kier alpha value is -3.47. The lowest BCUT2D eigenvalue weighted by Crippen LogP contribution is -2.18. The number of hydrogen-bond acceptors (Lipinski definition) is 4. The Balaban J connectivity index is 1.61. The number of ether oxygens (including phenoxy) is 1. The maximum atomic E-state index is 12.3. The first-order valence-corrected chi connectivity index (χ1v) is 8.69. The molecular weight excluding hydrogens is 340 g/mol. The Labute approximate surface area is 158 Å². The van der Waals surface area contributed by atoms with E-state index in [9.17, 15) is 9.59 Å². The Morgan fingerprint density at radius 2 is 1.59 bits per heavy atom. The van der Waals surface area contributed by atoms with Gasteiger partial charge in [0.25, 0.3) is 0 Å². The fraction of sp³-hybridized carbons (Fsp3) is 0.136. The molecular formula is C22H20N2O3. The molecule has 1 amide bonds. The van der Waals surface area contributed by atoms with Gasteiger partial charge in [-0.2, -0.15) is 4.98 Å². The molecule has 0 aliphatic heterocycles. The normalized spacial score (nSPS) is 11.4. The number of rotatable bonds is 6. The molecule has 1 aromatic heterocycles. The summed E-state index contributed by atoms with van der Waals surface area (Å²) in [4.78, 5) is 28.7. The molecule has 5 heteroatoms. The zero-order chi connectivity index (χ0) is 19.1. The molecule has 0 aliphatic carbocycles. The van der Waals surface area contributed by atoms with Crippen molar-refractivity contribution in [1.82, 2.24) is 4.98 Å². The molecule has 0 saturated heterocycles. The SMILES string of the molecule is CC(C(=O)Oc1cccc(NC(=O)Cc2ccccc2)n1)c1ccccc1. The van der Waals surface area contributed by atoms with Gasteiger partial charge >= 0.3 is 5.97 Å². The quantitative estimate of drug-likeness (QED) is 0.675. The molecule has 1 unspecified atom stereocenters. The molecule has 1 N–H and O–H groups in total. The minimum Gasteiger partial charge on any atom is -0.407 e. The minimum atomic E-state index is -0.413. The number of pyridine rings is 1. The lowest BCUT2D eigenvalue weighted by molar-refractivity contribution is -0.135. The summed E-state index contributed by atoms with van der Waals surface area (Å²) in [5, 5.41) is 2.72. The van der Waals surface area contributed by atoms with Crippen LogP contribution in [0.25, 0.3) is 0 Å². The molecule has 0 radical (unpaired) electrons. The number of nitrogens with one attached hydrogen (secondary N) is 1. The molecule has 1 atom stereocenters. The summed E-state index contributed by atoms with van der Waals surface area (Å²) in [5.41, 5.74) is 1.78. The molecule has 0 saturated carbocycles. The van der Waals surface area contributed by atoms with Crippen molar-refractivity contribution in [3.8, 4) is 5.88 Å². The fourth-order valence-electron chi connectivity index (χ4n) is 2.58. The van der Waals surface area contributed by atoms with Gasteiger partial charge in [0, 0.05) is 6.07 Å². The summed E-state index contributed by atoms with van der Waals surface area (Å²) in [6.07, 6.45) is 0.248. The first-order chi connectivity index (χ1) is 13.1. The maximum Gasteiger partial charge on any atom is 0.319 e. The number of hydrogen-bond donors (Lipinski definition) is 1. The number of esters is 1. The number of aromatic nitrogens is 1. The second-order valence-corrected chi connectivity index (χ2v) is 6.13. The van der Waals surface area contributed by atoms with Gasteiger partial charge in [0.1, 0.15) is 5.82 Å². The molecule has 136 valence electrons. The summed E-state index contributed by atoms with van der Waals surface area (Å²) in [6, 6.07) is 23.8. The average Bonchev–Trinajstić information content (AvgIpc) is 2.69. The molecule has 3 rings (SSSR count). The zero-order valence-electron chi connectivity index (χ0n) is 15.0. The van der Waals surface area contributed by atoms with Crippen LogP contribution >= 0.6 is 0 Å². The topological polar surface area (TPSA) is 68.3 Å². The molecule has 5 nitrogen and oxygen atoms in total. The van der Waals surface area contributed by atoms with E-state index >= 15 is 0 Å². The van der Waals surface area contributed by atoms with Crippen LogP contribution < -0.4 is 10.1 Å². The number of nitrogens with zero attached hydrogens (tertiary/aromatic N) is 1. The third-order valence-electron chi connectivity index (χ3n) is 4.06. The van der Waals surface area contributed by atoms with Crippen molar-refractivity contribution in [2.45, 2.75) is 19.3 Å². The fourth-order valence-corrected chi connectivity index (χ4v) is 2.58. The number of anilines is 1. The van der Waals surface area contributed by atoms with Gasteiger partial charge in [-0.05, 0) is 24.1 Å². The first-order valence-electron chi connectivity index (χ1n) is 8.69. The van der Waals surface area contributed by atoms with Crippen LogP contribution in [-0.2, 0) is 16.0 Å². The van der Waals surface area contributed by atoms with Crippen LogP contribution in [0.15, 0.2) is 78.9 Å². The van der Waals surface area contributed by atoms with Gasteiger partial charge in [-0.25, -0.2) is 0 Å². The van der Waals surface area contributed by atoms with E-state index in [2.05, 4.69) is 10.3 Å². The van der Waals surface area contributed by atoms with Gasteiger partial charge < -0.3 is 10.1 Å². The molecule has 2 aromatic carbocycles. The number of carbonyl (C=O) groups is 2. The highest BCUT2D eigenvalue weighted by atomic mass is 16.5. The van der Waals surface area contributed by atoms with Gasteiger partial charge in [0.05, 0.1) is 12.3 Å². The first kappa shape index (κ1) is 18.3. The van der Waals surface area contributed by atoms with E-state index in [-0.39, 0.29) is 18.2 Å². The minimum absolute atomic E-state index is 0.153. The average molecular weight is 360 g/mol. The third-order valence-corrected chi connectivity index (χ3v) is 4.06. The Morgan fingerprint density at radius 1 is 0.926 bits per heavy atom. The second kappa shape index (κ2) is 8.76. The second-order valence-electron chi connectivity index (χ2n) is 6.13. The van der Waals surface area contributed by atoms with E-state index in [1.165, 1.54) is 0 Å². The van der Waals surface area contributed by atoms with E-state index in [4.69, 9.17) is 4.74 Å². The van der Waals surface area contributed by atoms with Gasteiger partial charge in [-0.3, -0.25) is 9.59 Å². The van der Waals surface area contributed by atoms with Crippen molar-refractivity contribution < 1.29 is 14.3 Å². The largest absolute Gasteiger partial charge is 0.407 e. The smallest absolute Gasteiger partial charge is 0.319 e. The van der Waals surface area contributed by atoms with Gasteiger partial charge in [0.2, 0.25) is 11.8 Å². The molecule has 0 aliphatic rings. The van der Waals surface area contributed by atoms with Gasteiger partial charge in [-0.15, -0.1) is 0 Å². The van der Waals surface area contributed by atoms with Crippen LogP contribution in [0.4, 0.5) is 5.82 Å². The van der Waals surface area contributed by atoms with Crippen molar-refractivity contribution in [2.24, 2.45) is 0 Å². The number of benzene rings is 2. The maximum absolute atomic E-state index is 12.3. The zero-order valence-corrected chi connectivity index (χ0v) is 15.0. The Bertz CT molecular complexity index is 911. The molecule has 0 bridgehead atoms. The predicted molar refractivity (Wildman–Crippen MR) is 104 cm³/mol. The highest BCUT2D eigenvalue weighted by Crippen LogP contribution is 2.19. The van der Waals surface area contributed by atoms with Crippen molar-refractivity contribution >= 4 is 17.7 Å². The van der Waals surface area contributed by atoms with E-state index in [1.54, 1.807) is 25.1 Å². The lowest BCUT2D eigenvalue weighted by atomic mass is 10.0. The Kier molecular flexibility index (Phi) is 5.94. The third kappa shape index (κ3) is 5.25. The van der Waals surface area contributed by atoms with E-state index in [1.807, 2.05) is 60.7 Å². The number of amides is 1. The highest BCUT2D eigenvalue weighted by molar-refractivity contribution is 5.91. The molecule has 1 heterocycles. The lowest BCUT2D eigenvalue weighted by Gasteiger charge is -2.11. The van der Waals surface area contributed by atoms with Crippen LogP contribution in [0.5, 0.6) is 5.88 Å². The molecule has 27 heavy (non-hydrogen) atoms. The van der Waals surface area contributed by atoms with Crippen molar-refractivity contribution in [1.29, 1.82) is 0 Å².